The molecule has 0 bridgehead atoms. The fraction of sp³-hybridized carbons (Fsp3) is 0.174. The molecule has 3 aromatic rings. The summed E-state index contributed by atoms with van der Waals surface area (Å²) in [4.78, 5) is 33.1. The van der Waals surface area contributed by atoms with Crippen molar-refractivity contribution in [1.82, 2.24) is 4.98 Å². The number of ether oxygens (including phenoxy) is 1. The number of aliphatic hydroxyl groups is 1. The molecule has 0 aliphatic carbocycles. The topological polar surface area (TPSA) is 79.7 Å². The Kier molecular flexibility index (Phi) is 5.56. The van der Waals surface area contributed by atoms with Crippen LogP contribution >= 0.6 is 22.9 Å². The van der Waals surface area contributed by atoms with Gasteiger partial charge >= 0.3 is 5.91 Å². The van der Waals surface area contributed by atoms with Crippen LogP contribution in [0, 0.1) is 13.8 Å². The van der Waals surface area contributed by atoms with Gasteiger partial charge in [0.1, 0.15) is 17.6 Å². The van der Waals surface area contributed by atoms with Crippen LogP contribution in [0.1, 0.15) is 27.7 Å². The molecule has 1 atom stereocenters. The molecule has 1 aromatic heterocycles. The number of hydrogen-bond donors (Lipinski definition) is 1. The zero-order valence-electron chi connectivity index (χ0n) is 17.0. The van der Waals surface area contributed by atoms with Gasteiger partial charge < -0.3 is 9.84 Å². The van der Waals surface area contributed by atoms with E-state index in [1.807, 2.05) is 13.8 Å². The average molecular weight is 455 g/mol. The number of para-hydroxylation sites is 1. The number of thiazole rings is 1. The molecule has 1 saturated heterocycles. The van der Waals surface area contributed by atoms with Gasteiger partial charge in [0.05, 0.1) is 18.4 Å². The van der Waals surface area contributed by atoms with Crippen molar-refractivity contribution in [2.45, 2.75) is 19.9 Å². The first-order valence-electron chi connectivity index (χ1n) is 9.47. The highest BCUT2D eigenvalue weighted by molar-refractivity contribution is 7.16. The molecule has 1 aliphatic rings. The Hall–Kier alpha value is -3.16. The van der Waals surface area contributed by atoms with Crippen LogP contribution in [0.25, 0.3) is 5.76 Å². The van der Waals surface area contributed by atoms with Crippen molar-refractivity contribution in [3.63, 3.8) is 0 Å². The van der Waals surface area contributed by atoms with Gasteiger partial charge in [-0.3, -0.25) is 14.5 Å². The molecule has 1 fully saturated rings. The van der Waals surface area contributed by atoms with Gasteiger partial charge in [-0.05, 0) is 44.2 Å². The SMILES string of the molecule is COc1ccccc1[C@H]1C(=C(O)c2ccc(Cl)cc2)C(=O)C(=O)N1c1nc(C)c(C)s1. The summed E-state index contributed by atoms with van der Waals surface area (Å²) < 4.78 is 5.50. The van der Waals surface area contributed by atoms with E-state index in [2.05, 4.69) is 4.98 Å². The Labute approximate surface area is 188 Å². The summed E-state index contributed by atoms with van der Waals surface area (Å²) in [5, 5.41) is 12.0. The van der Waals surface area contributed by atoms with Crippen LogP contribution in [0.3, 0.4) is 0 Å². The molecule has 6 nitrogen and oxygen atoms in total. The van der Waals surface area contributed by atoms with Gasteiger partial charge in [-0.2, -0.15) is 0 Å². The molecule has 0 unspecified atom stereocenters. The normalized spacial score (nSPS) is 17.9. The molecule has 1 aliphatic heterocycles. The zero-order chi connectivity index (χ0) is 22.3. The van der Waals surface area contributed by atoms with Crippen molar-refractivity contribution < 1.29 is 19.4 Å². The van der Waals surface area contributed by atoms with Crippen LogP contribution in [0.2, 0.25) is 5.02 Å². The third-order valence-corrected chi connectivity index (χ3v) is 6.54. The number of ketones is 1. The Morgan fingerprint density at radius 3 is 2.42 bits per heavy atom. The van der Waals surface area contributed by atoms with Crippen molar-refractivity contribution in [1.29, 1.82) is 0 Å². The van der Waals surface area contributed by atoms with Crippen LogP contribution in [-0.4, -0.2) is 28.9 Å². The van der Waals surface area contributed by atoms with Crippen molar-refractivity contribution in [3.8, 4) is 5.75 Å². The van der Waals surface area contributed by atoms with Gasteiger partial charge in [-0.25, -0.2) is 4.98 Å². The number of methoxy groups -OCH3 is 1. The number of aliphatic hydroxyl groups excluding tert-OH is 1. The second-order valence-electron chi connectivity index (χ2n) is 7.06. The van der Waals surface area contributed by atoms with Gasteiger partial charge in [0.15, 0.2) is 5.13 Å². The Balaban J connectivity index is 1.99. The van der Waals surface area contributed by atoms with Crippen LogP contribution in [0.5, 0.6) is 5.75 Å². The monoisotopic (exact) mass is 454 g/mol. The van der Waals surface area contributed by atoms with Gasteiger partial charge in [0.2, 0.25) is 0 Å². The number of amides is 1. The summed E-state index contributed by atoms with van der Waals surface area (Å²) in [6.45, 7) is 3.75. The Morgan fingerprint density at radius 1 is 1.13 bits per heavy atom. The average Bonchev–Trinajstić information content (AvgIpc) is 3.23. The fourth-order valence-electron chi connectivity index (χ4n) is 3.54. The number of hydrogen-bond acceptors (Lipinski definition) is 6. The summed E-state index contributed by atoms with van der Waals surface area (Å²) in [6, 6.07) is 12.6. The quantitative estimate of drug-likeness (QED) is 0.339. The first-order chi connectivity index (χ1) is 14.8. The summed E-state index contributed by atoms with van der Waals surface area (Å²) in [5.41, 5.74) is 1.71. The predicted molar refractivity (Wildman–Crippen MR) is 121 cm³/mol. The molecule has 8 heteroatoms. The second-order valence-corrected chi connectivity index (χ2v) is 8.67. The predicted octanol–water partition coefficient (Wildman–Crippen LogP) is 5.05. The van der Waals surface area contributed by atoms with E-state index < -0.39 is 17.7 Å². The van der Waals surface area contributed by atoms with Crippen LogP contribution in [0.15, 0.2) is 54.1 Å². The van der Waals surface area contributed by atoms with Crippen LogP contribution < -0.4 is 9.64 Å². The zero-order valence-corrected chi connectivity index (χ0v) is 18.6. The number of anilines is 1. The molecule has 158 valence electrons. The standard InChI is InChI=1S/C23H19ClN2O4S/c1-12-13(2)31-23(25-12)26-19(16-6-4-5-7-17(16)30-3)18(21(28)22(26)29)20(27)14-8-10-15(24)11-9-14/h4-11,19,27H,1-3H3/t19-/m0/s1. The van der Waals surface area contributed by atoms with Crippen molar-refractivity contribution >= 4 is 45.5 Å². The van der Waals surface area contributed by atoms with E-state index >= 15 is 0 Å². The van der Waals surface area contributed by atoms with Gasteiger partial charge in [-0.15, -0.1) is 11.3 Å². The van der Waals surface area contributed by atoms with Crippen LogP contribution in [-0.2, 0) is 9.59 Å². The first kappa shape index (κ1) is 21.1. The molecule has 2 aromatic carbocycles. The van der Waals surface area contributed by atoms with E-state index in [4.69, 9.17) is 16.3 Å². The lowest BCUT2D eigenvalue weighted by Gasteiger charge is -2.24. The highest BCUT2D eigenvalue weighted by Crippen LogP contribution is 2.46. The Morgan fingerprint density at radius 2 is 1.81 bits per heavy atom. The van der Waals surface area contributed by atoms with E-state index in [-0.39, 0.29) is 11.3 Å². The van der Waals surface area contributed by atoms with Crippen molar-refractivity contribution in [2.75, 3.05) is 12.0 Å². The van der Waals surface area contributed by atoms with Gasteiger partial charge in [0.25, 0.3) is 5.78 Å². The summed E-state index contributed by atoms with van der Waals surface area (Å²) in [6.07, 6.45) is 0. The first-order valence-corrected chi connectivity index (χ1v) is 10.7. The molecule has 0 radical (unpaired) electrons. The smallest absolute Gasteiger partial charge is 0.301 e. The maximum Gasteiger partial charge on any atom is 0.301 e. The minimum absolute atomic E-state index is 0.0256. The van der Waals surface area contributed by atoms with Crippen molar-refractivity contribution in [2.24, 2.45) is 0 Å². The highest BCUT2D eigenvalue weighted by atomic mass is 35.5. The molecule has 2 heterocycles. The molecule has 1 amide bonds. The van der Waals surface area contributed by atoms with E-state index in [0.29, 0.717) is 27.0 Å². The fourth-order valence-corrected chi connectivity index (χ4v) is 4.60. The minimum Gasteiger partial charge on any atom is -0.507 e. The number of carbonyl (C=O) groups is 2. The maximum atomic E-state index is 13.1. The Bertz CT molecular complexity index is 1200. The number of aryl methyl sites for hydroxylation is 2. The second kappa shape index (κ2) is 8.17. The van der Waals surface area contributed by atoms with Gasteiger partial charge in [0, 0.05) is 21.0 Å². The summed E-state index contributed by atoms with van der Waals surface area (Å²) >= 11 is 7.28. The lowest BCUT2D eigenvalue weighted by molar-refractivity contribution is -0.132. The highest BCUT2D eigenvalue weighted by Gasteiger charge is 2.49. The van der Waals surface area contributed by atoms with E-state index in [0.717, 1.165) is 10.6 Å². The lowest BCUT2D eigenvalue weighted by Crippen LogP contribution is -2.29. The molecule has 1 N–H and O–H groups in total. The number of carbonyl (C=O) groups excluding carboxylic acids is 2. The van der Waals surface area contributed by atoms with Crippen molar-refractivity contribution in [3.05, 3.63) is 80.8 Å². The molecular formula is C23H19ClN2O4S. The third-order valence-electron chi connectivity index (χ3n) is 5.22. The third kappa shape index (κ3) is 3.60. The van der Waals surface area contributed by atoms with Gasteiger partial charge in [-0.1, -0.05) is 29.8 Å². The number of rotatable bonds is 4. The number of nitrogens with zero attached hydrogens (tertiary/aromatic N) is 2. The van der Waals surface area contributed by atoms with E-state index in [1.54, 1.807) is 48.5 Å². The maximum absolute atomic E-state index is 13.1. The number of benzene rings is 2. The molecule has 0 saturated carbocycles. The van der Waals surface area contributed by atoms with E-state index in [1.165, 1.54) is 23.3 Å². The number of halogens is 1. The minimum atomic E-state index is -0.892. The molecule has 4 rings (SSSR count). The molecule has 31 heavy (non-hydrogen) atoms. The van der Waals surface area contributed by atoms with Crippen LogP contribution in [0.4, 0.5) is 5.13 Å². The number of Topliss-reactive ketones (excluding diaryl/α,β-unsaturated/α-hetero) is 1. The number of aromatic nitrogens is 1. The lowest BCUT2D eigenvalue weighted by atomic mass is 9.95. The molecule has 0 spiro atoms. The summed E-state index contributed by atoms with van der Waals surface area (Å²) in [5.74, 6) is -1.32. The molecular weight excluding hydrogens is 436 g/mol. The largest absolute Gasteiger partial charge is 0.507 e. The summed E-state index contributed by atoms with van der Waals surface area (Å²) in [7, 11) is 1.52. The van der Waals surface area contributed by atoms with E-state index in [9.17, 15) is 14.7 Å².